The summed E-state index contributed by atoms with van der Waals surface area (Å²) in [6, 6.07) is 0.712. The Morgan fingerprint density at radius 2 is 2.45 bits per heavy atom. The van der Waals surface area contributed by atoms with Gasteiger partial charge in [-0.05, 0) is 19.4 Å². The molecule has 4 heteroatoms. The van der Waals surface area contributed by atoms with Crippen LogP contribution in [0.3, 0.4) is 0 Å². The predicted octanol–water partition coefficient (Wildman–Crippen LogP) is 0.101. The van der Waals surface area contributed by atoms with Crippen molar-refractivity contribution < 1.29 is 9.90 Å². The van der Waals surface area contributed by atoms with E-state index in [9.17, 15) is 4.79 Å². The van der Waals surface area contributed by atoms with Crippen LogP contribution in [0.15, 0.2) is 0 Å². The Morgan fingerprint density at radius 3 is 3.09 bits per heavy atom. The van der Waals surface area contributed by atoms with Crippen molar-refractivity contribution in [3.63, 3.8) is 0 Å². The highest BCUT2D eigenvalue weighted by atomic mass is 16.4. The highest BCUT2D eigenvalue weighted by Crippen LogP contribution is 2.23. The molecule has 1 amide bonds. The van der Waals surface area contributed by atoms with E-state index in [-0.39, 0.29) is 0 Å². The Labute approximate surface area is 65.2 Å². The molecular weight excluding hydrogens is 144 g/mol. The average molecular weight is 156 g/mol. The van der Waals surface area contributed by atoms with Gasteiger partial charge in [0.05, 0.1) is 0 Å². The number of nitrogens with one attached hydrogen (secondary N) is 1. The maximum atomic E-state index is 10.6. The molecule has 11 heavy (non-hydrogen) atoms. The molecule has 2 N–H and O–H groups in total. The third kappa shape index (κ3) is 1.07. The molecule has 4 nitrogen and oxygen atoms in total. The van der Waals surface area contributed by atoms with Gasteiger partial charge in [-0.3, -0.25) is 0 Å². The lowest BCUT2D eigenvalue weighted by molar-refractivity contribution is 0.140. The van der Waals surface area contributed by atoms with Gasteiger partial charge in [0, 0.05) is 18.6 Å². The minimum Gasteiger partial charge on any atom is -0.465 e. The Bertz CT molecular complexity index is 183. The SMILES string of the molecule is O=C(O)N1CC2CC1CCN2. The van der Waals surface area contributed by atoms with Crippen LogP contribution in [0.2, 0.25) is 0 Å². The Morgan fingerprint density at radius 1 is 1.64 bits per heavy atom. The molecule has 0 aromatic carbocycles. The second kappa shape index (κ2) is 2.37. The zero-order chi connectivity index (χ0) is 7.84. The molecule has 2 atom stereocenters. The van der Waals surface area contributed by atoms with Gasteiger partial charge in [0.1, 0.15) is 0 Å². The molecule has 62 valence electrons. The first-order valence-electron chi connectivity index (χ1n) is 4.00. The van der Waals surface area contributed by atoms with Crippen LogP contribution in [-0.4, -0.2) is 41.3 Å². The number of amides is 1. The zero-order valence-electron chi connectivity index (χ0n) is 6.29. The fraction of sp³-hybridized carbons (Fsp3) is 0.857. The lowest BCUT2D eigenvalue weighted by Crippen LogP contribution is -2.35. The second-order valence-electron chi connectivity index (χ2n) is 3.26. The molecule has 0 aliphatic carbocycles. The molecule has 2 fully saturated rings. The van der Waals surface area contributed by atoms with Gasteiger partial charge in [-0.15, -0.1) is 0 Å². The molecule has 2 bridgehead atoms. The van der Waals surface area contributed by atoms with E-state index >= 15 is 0 Å². The highest BCUT2D eigenvalue weighted by Gasteiger charge is 2.37. The monoisotopic (exact) mass is 156 g/mol. The normalized spacial score (nSPS) is 35.8. The standard InChI is InChI=1S/C7H12N2O2/c10-7(11)9-4-5-3-6(9)1-2-8-5/h5-6,8H,1-4H2,(H,10,11). The maximum absolute atomic E-state index is 10.6. The van der Waals surface area contributed by atoms with Crippen molar-refractivity contribution in [3.8, 4) is 0 Å². The van der Waals surface area contributed by atoms with Gasteiger partial charge in [0.25, 0.3) is 0 Å². The van der Waals surface area contributed by atoms with Crippen LogP contribution in [0.25, 0.3) is 0 Å². The molecule has 0 aromatic rings. The first kappa shape index (κ1) is 6.91. The number of rotatable bonds is 0. The summed E-state index contributed by atoms with van der Waals surface area (Å²) in [7, 11) is 0. The molecule has 2 unspecified atom stereocenters. The summed E-state index contributed by atoms with van der Waals surface area (Å²) in [5.74, 6) is 0. The lowest BCUT2D eigenvalue weighted by atomic mass is 10.1. The van der Waals surface area contributed by atoms with E-state index in [0.29, 0.717) is 18.6 Å². The summed E-state index contributed by atoms with van der Waals surface area (Å²) in [4.78, 5) is 12.2. The molecule has 2 rings (SSSR count). The molecule has 0 spiro atoms. The van der Waals surface area contributed by atoms with Gasteiger partial charge in [-0.25, -0.2) is 4.79 Å². The molecule has 0 saturated carbocycles. The summed E-state index contributed by atoms with van der Waals surface area (Å²) >= 11 is 0. The number of carboxylic acid groups (broad SMARTS) is 1. The van der Waals surface area contributed by atoms with Crippen molar-refractivity contribution in [2.24, 2.45) is 0 Å². The van der Waals surface area contributed by atoms with Gasteiger partial charge < -0.3 is 15.3 Å². The van der Waals surface area contributed by atoms with Crippen molar-refractivity contribution in [2.45, 2.75) is 24.9 Å². The Balaban J connectivity index is 2.08. The first-order valence-corrected chi connectivity index (χ1v) is 4.00. The third-order valence-electron chi connectivity index (χ3n) is 2.57. The Hall–Kier alpha value is -0.770. The third-order valence-corrected chi connectivity index (χ3v) is 2.57. The first-order chi connectivity index (χ1) is 5.27. The van der Waals surface area contributed by atoms with Crippen LogP contribution >= 0.6 is 0 Å². The van der Waals surface area contributed by atoms with Gasteiger partial charge in [0.15, 0.2) is 0 Å². The van der Waals surface area contributed by atoms with E-state index in [1.165, 1.54) is 0 Å². The van der Waals surface area contributed by atoms with Gasteiger partial charge in [-0.2, -0.15) is 0 Å². The van der Waals surface area contributed by atoms with E-state index in [4.69, 9.17) is 5.11 Å². The van der Waals surface area contributed by atoms with Crippen molar-refractivity contribution in [3.05, 3.63) is 0 Å². The topological polar surface area (TPSA) is 52.6 Å². The highest BCUT2D eigenvalue weighted by molar-refractivity contribution is 5.66. The summed E-state index contributed by atoms with van der Waals surface area (Å²) in [6.07, 6.45) is 1.22. The summed E-state index contributed by atoms with van der Waals surface area (Å²) in [5.41, 5.74) is 0. The number of fused-ring (bicyclic) bond motifs is 2. The van der Waals surface area contributed by atoms with Crippen molar-refractivity contribution in [1.82, 2.24) is 10.2 Å². The van der Waals surface area contributed by atoms with Crippen LogP contribution < -0.4 is 5.32 Å². The van der Waals surface area contributed by atoms with E-state index in [0.717, 1.165) is 19.4 Å². The molecule has 2 saturated heterocycles. The molecule has 2 heterocycles. The quantitative estimate of drug-likeness (QED) is 0.523. The molecule has 0 aromatic heterocycles. The minimum atomic E-state index is -0.763. The second-order valence-corrected chi connectivity index (χ2v) is 3.26. The van der Waals surface area contributed by atoms with Gasteiger partial charge in [0.2, 0.25) is 0 Å². The number of likely N-dealkylation sites (tertiary alicyclic amines) is 1. The van der Waals surface area contributed by atoms with E-state index < -0.39 is 6.09 Å². The average Bonchev–Trinajstić information content (AvgIpc) is 2.27. The molecule has 2 aliphatic rings. The Kier molecular flexibility index (Phi) is 1.49. The fourth-order valence-corrected chi connectivity index (χ4v) is 2.03. The fourth-order valence-electron chi connectivity index (χ4n) is 2.03. The lowest BCUT2D eigenvalue weighted by Gasteiger charge is -2.21. The van der Waals surface area contributed by atoms with Crippen molar-refractivity contribution in [1.29, 1.82) is 0 Å². The smallest absolute Gasteiger partial charge is 0.407 e. The summed E-state index contributed by atoms with van der Waals surface area (Å²) < 4.78 is 0. The van der Waals surface area contributed by atoms with Gasteiger partial charge in [-0.1, -0.05) is 0 Å². The van der Waals surface area contributed by atoms with Gasteiger partial charge >= 0.3 is 6.09 Å². The van der Waals surface area contributed by atoms with E-state index in [1.54, 1.807) is 4.90 Å². The van der Waals surface area contributed by atoms with Crippen LogP contribution in [0.5, 0.6) is 0 Å². The number of nitrogens with zero attached hydrogens (tertiary/aromatic N) is 1. The van der Waals surface area contributed by atoms with Crippen molar-refractivity contribution in [2.75, 3.05) is 13.1 Å². The number of hydrogen-bond acceptors (Lipinski definition) is 2. The zero-order valence-corrected chi connectivity index (χ0v) is 6.29. The summed E-state index contributed by atoms with van der Waals surface area (Å²) in [5, 5.41) is 12.0. The summed E-state index contributed by atoms with van der Waals surface area (Å²) in [6.45, 7) is 1.65. The molecule has 0 radical (unpaired) electrons. The number of carbonyl (C=O) groups is 1. The van der Waals surface area contributed by atoms with Crippen LogP contribution in [0.4, 0.5) is 4.79 Å². The minimum absolute atomic E-state index is 0.291. The maximum Gasteiger partial charge on any atom is 0.407 e. The van der Waals surface area contributed by atoms with E-state index in [1.807, 2.05) is 0 Å². The molecular formula is C7H12N2O2. The van der Waals surface area contributed by atoms with Crippen LogP contribution in [-0.2, 0) is 0 Å². The number of piperidine rings is 1. The number of hydrogen-bond donors (Lipinski definition) is 2. The predicted molar refractivity (Wildman–Crippen MR) is 39.5 cm³/mol. The van der Waals surface area contributed by atoms with Crippen LogP contribution in [0.1, 0.15) is 12.8 Å². The van der Waals surface area contributed by atoms with Crippen molar-refractivity contribution >= 4 is 6.09 Å². The van der Waals surface area contributed by atoms with Crippen LogP contribution in [0, 0.1) is 0 Å². The largest absolute Gasteiger partial charge is 0.465 e. The van der Waals surface area contributed by atoms with E-state index in [2.05, 4.69) is 5.32 Å². The molecule has 2 aliphatic heterocycles.